The molecule has 192 valence electrons. The van der Waals surface area contributed by atoms with Crippen molar-refractivity contribution in [3.8, 4) is 11.4 Å². The molecule has 0 spiro atoms. The van der Waals surface area contributed by atoms with Gasteiger partial charge in [-0.1, -0.05) is 35.9 Å². The number of rotatable bonds is 6. The van der Waals surface area contributed by atoms with Crippen LogP contribution in [0.5, 0.6) is 5.75 Å². The Kier molecular flexibility index (Phi) is 6.29. The molecule has 1 N–H and O–H groups in total. The van der Waals surface area contributed by atoms with Crippen molar-refractivity contribution in [2.45, 2.75) is 24.9 Å². The van der Waals surface area contributed by atoms with Gasteiger partial charge in [0.2, 0.25) is 5.91 Å². The minimum Gasteiger partial charge on any atom is -0.497 e. The lowest BCUT2D eigenvalue weighted by Crippen LogP contribution is -2.48. The lowest BCUT2D eigenvalue weighted by Gasteiger charge is -2.39. The Morgan fingerprint density at radius 2 is 1.74 bits per heavy atom. The monoisotopic (exact) mass is 526 g/mol. The first kappa shape index (κ1) is 24.1. The van der Waals surface area contributed by atoms with E-state index >= 15 is 0 Å². The smallest absolute Gasteiger partial charge is 0.322 e. The average Bonchev–Trinajstić information content (AvgIpc) is 3.66. The second kappa shape index (κ2) is 9.91. The van der Waals surface area contributed by atoms with Crippen molar-refractivity contribution in [2.75, 3.05) is 23.9 Å². The molecule has 38 heavy (non-hydrogen) atoms. The number of fused-ring (bicyclic) bond motifs is 3. The van der Waals surface area contributed by atoms with Gasteiger partial charge in [0.25, 0.3) is 0 Å². The van der Waals surface area contributed by atoms with Crippen LogP contribution in [0.1, 0.15) is 30.1 Å². The zero-order valence-corrected chi connectivity index (χ0v) is 21.6. The summed E-state index contributed by atoms with van der Waals surface area (Å²) in [5.41, 5.74) is 4.21. The van der Waals surface area contributed by atoms with E-state index in [-0.39, 0.29) is 24.5 Å². The first-order chi connectivity index (χ1) is 18.5. The van der Waals surface area contributed by atoms with Gasteiger partial charge in [0.15, 0.2) is 0 Å². The number of carbonyl (C=O) groups is 2. The highest BCUT2D eigenvalue weighted by atomic mass is 35.5. The number of halogens is 1. The lowest BCUT2D eigenvalue weighted by molar-refractivity contribution is -0.119. The fraction of sp³-hybridized carbons (Fsp3) is 0.200. The van der Waals surface area contributed by atoms with Crippen LogP contribution in [0.25, 0.3) is 5.69 Å². The number of ether oxygens (including phenoxy) is 1. The van der Waals surface area contributed by atoms with E-state index in [1.807, 2.05) is 71.8 Å². The molecule has 7 nitrogen and oxygen atoms in total. The molecule has 1 aliphatic carbocycles. The van der Waals surface area contributed by atoms with E-state index in [4.69, 9.17) is 16.3 Å². The van der Waals surface area contributed by atoms with Gasteiger partial charge in [0, 0.05) is 22.9 Å². The van der Waals surface area contributed by atoms with Gasteiger partial charge in [-0.25, -0.2) is 4.79 Å². The summed E-state index contributed by atoms with van der Waals surface area (Å²) in [5.74, 6) is 0.546. The van der Waals surface area contributed by atoms with E-state index in [1.165, 1.54) is 0 Å². The number of aromatic nitrogens is 1. The van der Waals surface area contributed by atoms with Crippen LogP contribution < -0.4 is 15.0 Å². The summed E-state index contributed by atoms with van der Waals surface area (Å²) in [4.78, 5) is 31.0. The summed E-state index contributed by atoms with van der Waals surface area (Å²) in [6.07, 6.45) is 3.76. The Morgan fingerprint density at radius 1 is 0.974 bits per heavy atom. The number of hydrogen-bond donors (Lipinski definition) is 1. The standard InChI is InChI=1S/C30H27ClN4O3/c1-38-24-15-11-22(12-16-24)32-30(37)34(23-13-14-23)19-28(36)35-26-9-3-2-8-25(26)33-17-5-10-27(33)29(35)20-6-4-7-21(31)18-20/h2-12,15-18,23,29H,13-14,19H2,1H3,(H,32,37). The molecule has 2 aliphatic rings. The van der Waals surface area contributed by atoms with E-state index in [0.717, 1.165) is 35.5 Å². The lowest BCUT2D eigenvalue weighted by atomic mass is 9.97. The van der Waals surface area contributed by atoms with Crippen molar-refractivity contribution < 1.29 is 14.3 Å². The molecule has 1 fully saturated rings. The van der Waals surface area contributed by atoms with Gasteiger partial charge in [-0.2, -0.15) is 0 Å². The van der Waals surface area contributed by atoms with E-state index < -0.39 is 6.04 Å². The third-order valence-electron chi connectivity index (χ3n) is 7.05. The largest absolute Gasteiger partial charge is 0.497 e. The maximum absolute atomic E-state index is 14.2. The SMILES string of the molecule is COc1ccc(NC(=O)N(CC(=O)N2c3ccccc3-n3cccc3C2c2cccc(Cl)c2)C2CC2)cc1. The first-order valence-corrected chi connectivity index (χ1v) is 13.0. The summed E-state index contributed by atoms with van der Waals surface area (Å²) in [6, 6.07) is 25.9. The predicted octanol–water partition coefficient (Wildman–Crippen LogP) is 6.27. The molecular formula is C30H27ClN4O3. The second-order valence-electron chi connectivity index (χ2n) is 9.53. The van der Waals surface area contributed by atoms with Crippen LogP contribution in [0.3, 0.4) is 0 Å². The minimum absolute atomic E-state index is 0.0331. The van der Waals surface area contributed by atoms with E-state index in [0.29, 0.717) is 16.5 Å². The summed E-state index contributed by atoms with van der Waals surface area (Å²) >= 11 is 6.39. The second-order valence-corrected chi connectivity index (χ2v) is 9.97. The molecule has 6 rings (SSSR count). The molecule has 1 aromatic heterocycles. The van der Waals surface area contributed by atoms with Crippen molar-refractivity contribution in [3.05, 3.63) is 107 Å². The average molecular weight is 527 g/mol. The third-order valence-corrected chi connectivity index (χ3v) is 7.28. The van der Waals surface area contributed by atoms with Crippen LogP contribution in [0.4, 0.5) is 16.2 Å². The van der Waals surface area contributed by atoms with Gasteiger partial charge in [-0.15, -0.1) is 0 Å². The zero-order valence-electron chi connectivity index (χ0n) is 20.9. The molecule has 3 amide bonds. The highest BCUT2D eigenvalue weighted by Crippen LogP contribution is 2.43. The van der Waals surface area contributed by atoms with Crippen molar-refractivity contribution >= 4 is 34.9 Å². The molecule has 3 aromatic carbocycles. The number of nitrogens with zero attached hydrogens (tertiary/aromatic N) is 3. The highest BCUT2D eigenvalue weighted by molar-refractivity contribution is 6.30. The molecule has 2 heterocycles. The number of nitrogens with one attached hydrogen (secondary N) is 1. The normalized spacial score (nSPS) is 15.8. The summed E-state index contributed by atoms with van der Waals surface area (Å²) < 4.78 is 7.32. The van der Waals surface area contributed by atoms with Gasteiger partial charge in [-0.05, 0) is 79.1 Å². The quantitative estimate of drug-likeness (QED) is 0.322. The number of urea groups is 1. The van der Waals surface area contributed by atoms with Gasteiger partial charge < -0.3 is 19.5 Å². The van der Waals surface area contributed by atoms with Crippen LogP contribution in [-0.4, -0.2) is 41.1 Å². The molecule has 1 atom stereocenters. The molecule has 4 aromatic rings. The predicted molar refractivity (Wildman–Crippen MR) is 148 cm³/mol. The number of methoxy groups -OCH3 is 1. The Balaban J connectivity index is 1.34. The highest BCUT2D eigenvalue weighted by Gasteiger charge is 2.40. The van der Waals surface area contributed by atoms with Crippen molar-refractivity contribution in [1.82, 2.24) is 9.47 Å². The molecule has 1 unspecified atom stereocenters. The molecule has 0 bridgehead atoms. The van der Waals surface area contributed by atoms with Gasteiger partial charge >= 0.3 is 6.03 Å². The van der Waals surface area contributed by atoms with Crippen molar-refractivity contribution in [1.29, 1.82) is 0 Å². The Labute approximate surface area is 226 Å². The van der Waals surface area contributed by atoms with Crippen LogP contribution >= 0.6 is 11.6 Å². The van der Waals surface area contributed by atoms with Crippen LogP contribution in [0.15, 0.2) is 91.1 Å². The summed E-state index contributed by atoms with van der Waals surface area (Å²) in [7, 11) is 1.60. The van der Waals surface area contributed by atoms with Crippen molar-refractivity contribution in [3.63, 3.8) is 0 Å². The van der Waals surface area contributed by atoms with Gasteiger partial charge in [0.1, 0.15) is 18.3 Å². The Bertz CT molecular complexity index is 1500. The Hall–Kier alpha value is -4.23. The fourth-order valence-corrected chi connectivity index (χ4v) is 5.30. The number of para-hydroxylation sites is 2. The minimum atomic E-state index is -0.392. The van der Waals surface area contributed by atoms with Gasteiger partial charge in [-0.3, -0.25) is 9.69 Å². The van der Waals surface area contributed by atoms with E-state index in [9.17, 15) is 9.59 Å². The van der Waals surface area contributed by atoms with Crippen molar-refractivity contribution in [2.24, 2.45) is 0 Å². The Morgan fingerprint density at radius 3 is 2.45 bits per heavy atom. The first-order valence-electron chi connectivity index (χ1n) is 12.6. The molecule has 1 aliphatic heterocycles. The number of amides is 3. The molecular weight excluding hydrogens is 500 g/mol. The van der Waals surface area contributed by atoms with Crippen LogP contribution in [0.2, 0.25) is 5.02 Å². The maximum atomic E-state index is 14.2. The van der Waals surface area contributed by atoms with Gasteiger partial charge in [0.05, 0.1) is 24.2 Å². The summed E-state index contributed by atoms with van der Waals surface area (Å²) in [5, 5.41) is 3.55. The fourth-order valence-electron chi connectivity index (χ4n) is 5.10. The van der Waals surface area contributed by atoms with Crippen LogP contribution in [0, 0.1) is 0 Å². The maximum Gasteiger partial charge on any atom is 0.322 e. The zero-order chi connectivity index (χ0) is 26.2. The van der Waals surface area contributed by atoms with E-state index in [2.05, 4.69) is 9.88 Å². The topological polar surface area (TPSA) is 66.8 Å². The van der Waals surface area contributed by atoms with E-state index in [1.54, 1.807) is 36.3 Å². The number of anilines is 2. The number of hydrogen-bond acceptors (Lipinski definition) is 3. The van der Waals surface area contributed by atoms with Crippen LogP contribution in [-0.2, 0) is 4.79 Å². The number of benzene rings is 3. The number of carbonyl (C=O) groups excluding carboxylic acids is 2. The summed E-state index contributed by atoms with van der Waals surface area (Å²) in [6.45, 7) is -0.0429. The third kappa shape index (κ3) is 4.50. The molecule has 8 heteroatoms. The molecule has 0 saturated heterocycles. The molecule has 1 saturated carbocycles. The molecule has 0 radical (unpaired) electrons.